The third-order valence-electron chi connectivity index (χ3n) is 3.42. The summed E-state index contributed by atoms with van der Waals surface area (Å²) in [5, 5.41) is 3.32. The van der Waals surface area contributed by atoms with Crippen molar-refractivity contribution in [2.45, 2.75) is 19.4 Å². The average Bonchev–Trinajstić information content (AvgIpc) is 2.43. The van der Waals surface area contributed by atoms with Gasteiger partial charge in [-0.15, -0.1) is 0 Å². The van der Waals surface area contributed by atoms with Crippen LogP contribution in [0.15, 0.2) is 45.3 Å². The zero-order valence-electron chi connectivity index (χ0n) is 11.4. The Kier molecular flexibility index (Phi) is 5.35. The first-order chi connectivity index (χ1) is 9.52. The van der Waals surface area contributed by atoms with E-state index in [4.69, 9.17) is 0 Å². The van der Waals surface area contributed by atoms with Crippen molar-refractivity contribution in [3.05, 3.63) is 67.9 Å². The van der Waals surface area contributed by atoms with Crippen LogP contribution in [0.5, 0.6) is 0 Å². The normalized spacial score (nSPS) is 12.4. The van der Waals surface area contributed by atoms with Crippen LogP contribution in [0.25, 0.3) is 0 Å². The lowest BCUT2D eigenvalue weighted by Crippen LogP contribution is -2.20. The molecule has 0 bridgehead atoms. The molecule has 20 heavy (non-hydrogen) atoms. The van der Waals surface area contributed by atoms with Crippen molar-refractivity contribution < 1.29 is 4.39 Å². The second-order valence-electron chi connectivity index (χ2n) is 4.76. The second kappa shape index (κ2) is 6.83. The van der Waals surface area contributed by atoms with Crippen molar-refractivity contribution in [3.8, 4) is 0 Å². The quantitative estimate of drug-likeness (QED) is 0.747. The second-order valence-corrected chi connectivity index (χ2v) is 6.47. The molecule has 0 saturated carbocycles. The summed E-state index contributed by atoms with van der Waals surface area (Å²) in [5.74, 6) is -0.219. The van der Waals surface area contributed by atoms with E-state index < -0.39 is 0 Å². The van der Waals surface area contributed by atoms with Crippen molar-refractivity contribution in [3.63, 3.8) is 0 Å². The highest BCUT2D eigenvalue weighted by molar-refractivity contribution is 9.10. The van der Waals surface area contributed by atoms with Crippen LogP contribution in [-0.4, -0.2) is 7.05 Å². The van der Waals surface area contributed by atoms with E-state index in [9.17, 15) is 4.39 Å². The standard InChI is InChI=1S/C16H16Br2FN/c1-10-6-7-12(17)9-13(10)15(20-2)8-11-4-3-5-14(19)16(11)18/h3-7,9,15,20H,8H2,1-2H3. The van der Waals surface area contributed by atoms with Crippen LogP contribution in [0.2, 0.25) is 0 Å². The minimum Gasteiger partial charge on any atom is -0.313 e. The smallest absolute Gasteiger partial charge is 0.137 e. The Labute approximate surface area is 135 Å². The summed E-state index contributed by atoms with van der Waals surface area (Å²) >= 11 is 6.84. The van der Waals surface area contributed by atoms with Gasteiger partial charge in [-0.25, -0.2) is 4.39 Å². The lowest BCUT2D eigenvalue weighted by Gasteiger charge is -2.20. The molecule has 0 saturated heterocycles. The number of hydrogen-bond acceptors (Lipinski definition) is 1. The maximum Gasteiger partial charge on any atom is 0.137 e. The predicted octanol–water partition coefficient (Wildman–Crippen LogP) is 5.16. The van der Waals surface area contributed by atoms with Gasteiger partial charge in [-0.2, -0.15) is 0 Å². The first-order valence-corrected chi connectivity index (χ1v) is 7.97. The third-order valence-corrected chi connectivity index (χ3v) is 4.80. The molecule has 106 valence electrons. The van der Waals surface area contributed by atoms with Gasteiger partial charge in [-0.3, -0.25) is 0 Å². The lowest BCUT2D eigenvalue weighted by molar-refractivity contribution is 0.577. The van der Waals surface area contributed by atoms with Crippen molar-refractivity contribution >= 4 is 31.9 Å². The Balaban J connectivity index is 2.34. The molecule has 0 amide bonds. The summed E-state index contributed by atoms with van der Waals surface area (Å²) in [7, 11) is 1.93. The first kappa shape index (κ1) is 15.7. The van der Waals surface area contributed by atoms with Crippen molar-refractivity contribution in [1.82, 2.24) is 5.32 Å². The highest BCUT2D eigenvalue weighted by atomic mass is 79.9. The summed E-state index contributed by atoms with van der Waals surface area (Å²) in [6, 6.07) is 11.5. The number of benzene rings is 2. The van der Waals surface area contributed by atoms with E-state index in [0.29, 0.717) is 4.47 Å². The van der Waals surface area contributed by atoms with E-state index in [-0.39, 0.29) is 11.9 Å². The van der Waals surface area contributed by atoms with E-state index in [1.807, 2.05) is 19.2 Å². The number of likely N-dealkylation sites (N-methyl/N-ethyl adjacent to an activating group) is 1. The number of nitrogens with one attached hydrogen (secondary N) is 1. The molecule has 0 aromatic heterocycles. The van der Waals surface area contributed by atoms with Gasteiger partial charge in [0.25, 0.3) is 0 Å². The topological polar surface area (TPSA) is 12.0 Å². The predicted molar refractivity (Wildman–Crippen MR) is 88.5 cm³/mol. The van der Waals surface area contributed by atoms with Gasteiger partial charge in [-0.1, -0.05) is 34.1 Å². The number of aryl methyl sites for hydroxylation is 1. The fraction of sp³-hybridized carbons (Fsp3) is 0.250. The fourth-order valence-electron chi connectivity index (χ4n) is 2.28. The maximum atomic E-state index is 13.6. The fourth-order valence-corrected chi connectivity index (χ4v) is 3.09. The Morgan fingerprint density at radius 1 is 1.20 bits per heavy atom. The van der Waals surface area contributed by atoms with Crippen LogP contribution < -0.4 is 5.32 Å². The zero-order chi connectivity index (χ0) is 14.7. The van der Waals surface area contributed by atoms with Crippen LogP contribution in [0, 0.1) is 12.7 Å². The third kappa shape index (κ3) is 3.48. The highest BCUT2D eigenvalue weighted by Crippen LogP contribution is 2.28. The summed E-state index contributed by atoms with van der Waals surface area (Å²) in [6.07, 6.45) is 0.728. The molecule has 1 atom stereocenters. The SMILES string of the molecule is CNC(Cc1cccc(F)c1Br)c1cc(Br)ccc1C. The van der Waals surface area contributed by atoms with Crippen molar-refractivity contribution in [2.75, 3.05) is 7.05 Å². The number of halogens is 3. The van der Waals surface area contributed by atoms with Gasteiger partial charge in [0, 0.05) is 10.5 Å². The Hall–Kier alpha value is -0.710. The maximum absolute atomic E-state index is 13.6. The summed E-state index contributed by atoms with van der Waals surface area (Å²) in [6.45, 7) is 2.09. The van der Waals surface area contributed by atoms with Crippen LogP contribution in [0.1, 0.15) is 22.7 Å². The molecule has 4 heteroatoms. The van der Waals surface area contributed by atoms with E-state index >= 15 is 0 Å². The van der Waals surface area contributed by atoms with Crippen LogP contribution in [0.4, 0.5) is 4.39 Å². The highest BCUT2D eigenvalue weighted by Gasteiger charge is 2.15. The lowest BCUT2D eigenvalue weighted by atomic mass is 9.95. The summed E-state index contributed by atoms with van der Waals surface area (Å²) in [5.41, 5.74) is 3.40. The van der Waals surface area contributed by atoms with Gasteiger partial charge in [0.05, 0.1) is 4.47 Å². The van der Waals surface area contributed by atoms with Gasteiger partial charge in [0.1, 0.15) is 5.82 Å². The van der Waals surface area contributed by atoms with Gasteiger partial charge in [0.2, 0.25) is 0 Å². The molecule has 0 spiro atoms. The largest absolute Gasteiger partial charge is 0.313 e. The molecule has 0 aliphatic carbocycles. The van der Waals surface area contributed by atoms with Gasteiger partial charge in [-0.05, 0) is 71.2 Å². The van der Waals surface area contributed by atoms with E-state index in [2.05, 4.69) is 56.2 Å². The Bertz CT molecular complexity index is 613. The number of hydrogen-bond donors (Lipinski definition) is 1. The zero-order valence-corrected chi connectivity index (χ0v) is 14.6. The molecular weight excluding hydrogens is 385 g/mol. The van der Waals surface area contributed by atoms with Gasteiger partial charge >= 0.3 is 0 Å². The molecule has 0 fully saturated rings. The Morgan fingerprint density at radius 2 is 1.95 bits per heavy atom. The monoisotopic (exact) mass is 399 g/mol. The molecule has 0 aliphatic rings. The minimum absolute atomic E-state index is 0.144. The van der Waals surface area contributed by atoms with Crippen LogP contribution in [-0.2, 0) is 6.42 Å². The average molecular weight is 401 g/mol. The number of rotatable bonds is 4. The van der Waals surface area contributed by atoms with Gasteiger partial charge in [0.15, 0.2) is 0 Å². The van der Waals surface area contributed by atoms with E-state index in [0.717, 1.165) is 16.5 Å². The van der Waals surface area contributed by atoms with Crippen molar-refractivity contribution in [2.24, 2.45) is 0 Å². The molecule has 0 radical (unpaired) electrons. The van der Waals surface area contributed by atoms with E-state index in [1.165, 1.54) is 17.2 Å². The van der Waals surface area contributed by atoms with Crippen LogP contribution in [0.3, 0.4) is 0 Å². The molecule has 0 heterocycles. The molecule has 2 aromatic rings. The molecular formula is C16H16Br2FN. The first-order valence-electron chi connectivity index (χ1n) is 6.39. The minimum atomic E-state index is -0.219. The van der Waals surface area contributed by atoms with Crippen molar-refractivity contribution in [1.29, 1.82) is 0 Å². The van der Waals surface area contributed by atoms with E-state index in [1.54, 1.807) is 6.07 Å². The molecule has 1 nitrogen and oxygen atoms in total. The molecule has 2 rings (SSSR count). The molecule has 1 N–H and O–H groups in total. The molecule has 0 aliphatic heterocycles. The molecule has 2 aromatic carbocycles. The summed E-state index contributed by atoms with van der Waals surface area (Å²) in [4.78, 5) is 0. The van der Waals surface area contributed by atoms with Crippen LogP contribution >= 0.6 is 31.9 Å². The molecule has 1 unspecified atom stereocenters. The Morgan fingerprint density at radius 3 is 2.65 bits per heavy atom. The van der Waals surface area contributed by atoms with Gasteiger partial charge < -0.3 is 5.32 Å². The summed E-state index contributed by atoms with van der Waals surface area (Å²) < 4.78 is 15.2.